The van der Waals surface area contributed by atoms with Crippen molar-refractivity contribution in [2.45, 2.75) is 37.6 Å². The Labute approximate surface area is 187 Å². The first-order valence-corrected chi connectivity index (χ1v) is 11.9. The van der Waals surface area contributed by atoms with Crippen LogP contribution in [0.2, 0.25) is 0 Å². The van der Waals surface area contributed by atoms with E-state index in [4.69, 9.17) is 9.47 Å². The number of guanidine groups is 1. The second-order valence-electron chi connectivity index (χ2n) is 9.07. The van der Waals surface area contributed by atoms with Gasteiger partial charge in [0, 0.05) is 65.4 Å². The van der Waals surface area contributed by atoms with E-state index in [9.17, 15) is 4.79 Å². The third-order valence-corrected chi connectivity index (χ3v) is 6.75. The third-order valence-electron chi connectivity index (χ3n) is 6.75. The number of nitrogens with one attached hydrogen (secondary N) is 2. The first kappa shape index (κ1) is 24.2. The molecule has 0 bridgehead atoms. The van der Waals surface area contributed by atoms with E-state index in [1.807, 2.05) is 0 Å². The number of nitrogens with zero attached hydrogens (tertiary/aromatic N) is 4. The maximum Gasteiger partial charge on any atom is 0.243 e. The summed E-state index contributed by atoms with van der Waals surface area (Å²) >= 11 is 0. The fraction of sp³-hybridized carbons (Fsp3) is 0.909. The lowest BCUT2D eigenvalue weighted by Gasteiger charge is -2.48. The smallest absolute Gasteiger partial charge is 0.243 e. The first-order valence-electron chi connectivity index (χ1n) is 11.9. The van der Waals surface area contributed by atoms with E-state index in [1.54, 1.807) is 19.0 Å². The number of likely N-dealkylation sites (N-methyl/N-ethyl adjacent to an activating group) is 1. The molecule has 9 heteroatoms. The number of hydrogen-bond acceptors (Lipinski definition) is 6. The predicted molar refractivity (Wildman–Crippen MR) is 122 cm³/mol. The van der Waals surface area contributed by atoms with Gasteiger partial charge < -0.3 is 25.0 Å². The van der Waals surface area contributed by atoms with Crippen molar-refractivity contribution in [1.82, 2.24) is 25.3 Å². The van der Waals surface area contributed by atoms with Crippen molar-refractivity contribution in [3.63, 3.8) is 0 Å². The number of amides is 1. The number of morpholine rings is 2. The van der Waals surface area contributed by atoms with E-state index < -0.39 is 0 Å². The summed E-state index contributed by atoms with van der Waals surface area (Å²) in [6.07, 6.45) is 6.28. The highest BCUT2D eigenvalue weighted by Gasteiger charge is 2.38. The molecule has 1 aliphatic carbocycles. The largest absolute Gasteiger partial charge is 0.379 e. The van der Waals surface area contributed by atoms with Crippen LogP contribution in [0.1, 0.15) is 32.1 Å². The van der Waals surface area contributed by atoms with Gasteiger partial charge in [0.1, 0.15) is 6.54 Å². The molecular weight excluding hydrogens is 396 g/mol. The second-order valence-corrected chi connectivity index (χ2v) is 9.07. The van der Waals surface area contributed by atoms with Crippen LogP contribution in [0.3, 0.4) is 0 Å². The Morgan fingerprint density at radius 3 is 2.26 bits per heavy atom. The summed E-state index contributed by atoms with van der Waals surface area (Å²) in [4.78, 5) is 23.3. The highest BCUT2D eigenvalue weighted by Crippen LogP contribution is 2.33. The molecule has 3 aliphatic rings. The number of aliphatic imine (C=N–C) groups is 1. The zero-order valence-corrected chi connectivity index (χ0v) is 19.5. The molecule has 31 heavy (non-hydrogen) atoms. The Morgan fingerprint density at radius 1 is 0.968 bits per heavy atom. The minimum absolute atomic E-state index is 0.00911. The summed E-state index contributed by atoms with van der Waals surface area (Å²) in [5.41, 5.74) is 0.153. The van der Waals surface area contributed by atoms with Gasteiger partial charge in [-0.2, -0.15) is 0 Å². The van der Waals surface area contributed by atoms with Crippen molar-refractivity contribution < 1.29 is 14.3 Å². The first-order chi connectivity index (χ1) is 15.1. The molecule has 0 aromatic rings. The maximum atomic E-state index is 12.1. The maximum absolute atomic E-state index is 12.1. The van der Waals surface area contributed by atoms with E-state index in [0.29, 0.717) is 0 Å². The number of ether oxygens (including phenoxy) is 2. The molecule has 0 unspecified atom stereocenters. The zero-order chi connectivity index (χ0) is 21.9. The Morgan fingerprint density at radius 2 is 1.61 bits per heavy atom. The number of carbonyl (C=O) groups excluding carboxylic acids is 1. The highest BCUT2D eigenvalue weighted by molar-refractivity contribution is 5.84. The fourth-order valence-electron chi connectivity index (χ4n) is 4.72. The molecule has 1 amide bonds. The van der Waals surface area contributed by atoms with Crippen LogP contribution in [0.5, 0.6) is 0 Å². The summed E-state index contributed by atoms with van der Waals surface area (Å²) in [7, 11) is 3.54. The molecule has 1 saturated carbocycles. The monoisotopic (exact) mass is 438 g/mol. The molecule has 2 heterocycles. The molecule has 0 spiro atoms. The average Bonchev–Trinajstić information content (AvgIpc) is 2.82. The topological polar surface area (TPSA) is 81.7 Å². The van der Waals surface area contributed by atoms with Gasteiger partial charge in [-0.25, -0.2) is 4.99 Å². The van der Waals surface area contributed by atoms with Crippen LogP contribution in [0.25, 0.3) is 0 Å². The Balaban J connectivity index is 1.59. The molecule has 2 N–H and O–H groups in total. The summed E-state index contributed by atoms with van der Waals surface area (Å²) in [6.45, 7) is 9.94. The quantitative estimate of drug-likeness (QED) is 0.407. The van der Waals surface area contributed by atoms with Gasteiger partial charge in [-0.1, -0.05) is 19.3 Å². The van der Waals surface area contributed by atoms with E-state index in [-0.39, 0.29) is 18.0 Å². The zero-order valence-electron chi connectivity index (χ0n) is 19.5. The molecule has 0 radical (unpaired) electrons. The van der Waals surface area contributed by atoms with Gasteiger partial charge in [-0.15, -0.1) is 0 Å². The third kappa shape index (κ3) is 7.59. The Hall–Kier alpha value is -1.42. The molecule has 0 aromatic carbocycles. The van der Waals surface area contributed by atoms with Crippen LogP contribution in [0.4, 0.5) is 0 Å². The molecule has 3 fully saturated rings. The average molecular weight is 439 g/mol. The van der Waals surface area contributed by atoms with Crippen LogP contribution < -0.4 is 10.6 Å². The van der Waals surface area contributed by atoms with Crippen molar-refractivity contribution in [2.24, 2.45) is 4.99 Å². The minimum atomic E-state index is 0.00911. The number of carbonyl (C=O) groups is 1. The Kier molecular flexibility index (Phi) is 9.83. The molecule has 3 rings (SSSR count). The van der Waals surface area contributed by atoms with Gasteiger partial charge in [-0.05, 0) is 12.8 Å². The van der Waals surface area contributed by atoms with Gasteiger partial charge in [0.25, 0.3) is 0 Å². The van der Waals surface area contributed by atoms with E-state index in [2.05, 4.69) is 25.4 Å². The highest BCUT2D eigenvalue weighted by atomic mass is 16.5. The van der Waals surface area contributed by atoms with Gasteiger partial charge in [-0.3, -0.25) is 14.6 Å². The lowest BCUT2D eigenvalue weighted by Crippen LogP contribution is -2.60. The second kappa shape index (κ2) is 12.6. The summed E-state index contributed by atoms with van der Waals surface area (Å²) < 4.78 is 11.0. The van der Waals surface area contributed by atoms with Crippen molar-refractivity contribution in [2.75, 3.05) is 92.9 Å². The van der Waals surface area contributed by atoms with Gasteiger partial charge in [0.2, 0.25) is 5.91 Å². The van der Waals surface area contributed by atoms with Crippen molar-refractivity contribution in [1.29, 1.82) is 0 Å². The SMILES string of the molecule is CN(C)C(=O)CN=C(NCCN1CCOCC1)NCC1(N2CCOCC2)CCCCC1. The van der Waals surface area contributed by atoms with Crippen LogP contribution in [-0.4, -0.2) is 125 Å². The van der Waals surface area contributed by atoms with Crippen LogP contribution in [0.15, 0.2) is 4.99 Å². The van der Waals surface area contributed by atoms with Gasteiger partial charge >= 0.3 is 0 Å². The fourth-order valence-corrected chi connectivity index (χ4v) is 4.72. The molecular formula is C22H42N6O3. The molecule has 0 aromatic heterocycles. The van der Waals surface area contributed by atoms with Crippen molar-refractivity contribution in [3.05, 3.63) is 0 Å². The molecule has 178 valence electrons. The van der Waals surface area contributed by atoms with Crippen LogP contribution >= 0.6 is 0 Å². The molecule has 9 nitrogen and oxygen atoms in total. The van der Waals surface area contributed by atoms with Crippen LogP contribution in [-0.2, 0) is 14.3 Å². The van der Waals surface area contributed by atoms with Crippen molar-refractivity contribution in [3.8, 4) is 0 Å². The minimum Gasteiger partial charge on any atom is -0.379 e. The number of rotatable bonds is 8. The standard InChI is InChI=1S/C22H42N6O3/c1-26(2)20(29)18-24-21(23-8-9-27-10-14-30-15-11-27)25-19-22(6-4-3-5-7-22)28-12-16-31-17-13-28/h3-19H2,1-2H3,(H2,23,24,25). The van der Waals surface area contributed by atoms with E-state index in [1.165, 1.54) is 32.1 Å². The van der Waals surface area contributed by atoms with Gasteiger partial charge in [0.05, 0.1) is 26.4 Å². The lowest BCUT2D eigenvalue weighted by molar-refractivity contribution is -0.127. The van der Waals surface area contributed by atoms with E-state index >= 15 is 0 Å². The predicted octanol–water partition coefficient (Wildman–Crippen LogP) is -0.0229. The summed E-state index contributed by atoms with van der Waals surface area (Å²) in [5, 5.41) is 7.07. The van der Waals surface area contributed by atoms with Gasteiger partial charge in [0.15, 0.2) is 5.96 Å². The summed E-state index contributed by atoms with van der Waals surface area (Å²) in [5.74, 6) is 0.747. The van der Waals surface area contributed by atoms with Crippen molar-refractivity contribution >= 4 is 11.9 Å². The number of hydrogen-bond donors (Lipinski definition) is 2. The van der Waals surface area contributed by atoms with Crippen LogP contribution in [0, 0.1) is 0 Å². The molecule has 2 aliphatic heterocycles. The lowest BCUT2D eigenvalue weighted by atomic mass is 9.80. The summed E-state index contributed by atoms with van der Waals surface area (Å²) in [6, 6.07) is 0. The van der Waals surface area contributed by atoms with E-state index in [0.717, 1.165) is 78.2 Å². The molecule has 0 atom stereocenters. The normalized spacial score (nSPS) is 23.4. The molecule has 2 saturated heterocycles. The Bertz CT molecular complexity index is 568.